The molecule has 0 aromatic heterocycles. The van der Waals surface area contributed by atoms with Gasteiger partial charge in [0.15, 0.2) is 0 Å². The van der Waals surface area contributed by atoms with E-state index in [-0.39, 0.29) is 16.6 Å². The minimum atomic E-state index is -0.659. The fourth-order valence-electron chi connectivity index (χ4n) is 3.92. The number of halogens is 1. The number of nitrogens with zero attached hydrogens (tertiary/aromatic N) is 1. The molecule has 0 saturated carbocycles. The molecule has 0 radical (unpaired) electrons. The third kappa shape index (κ3) is 5.61. The zero-order valence-electron chi connectivity index (χ0n) is 20.7. The lowest BCUT2D eigenvalue weighted by Crippen LogP contribution is -2.32. The van der Waals surface area contributed by atoms with Crippen LogP contribution >= 0.6 is 11.6 Å². The molecule has 0 atom stereocenters. The van der Waals surface area contributed by atoms with Crippen LogP contribution in [0.1, 0.15) is 10.4 Å². The van der Waals surface area contributed by atoms with Gasteiger partial charge >= 0.3 is 0 Å². The molecule has 1 aliphatic heterocycles. The predicted molar refractivity (Wildman–Crippen MR) is 149 cm³/mol. The zero-order valence-corrected chi connectivity index (χ0v) is 21.4. The van der Waals surface area contributed by atoms with E-state index in [2.05, 4.69) is 10.6 Å². The summed E-state index contributed by atoms with van der Waals surface area (Å²) in [6.07, 6.45) is 0. The van der Waals surface area contributed by atoms with E-state index in [0.717, 1.165) is 4.90 Å². The van der Waals surface area contributed by atoms with Crippen LogP contribution in [0.3, 0.4) is 0 Å². The summed E-state index contributed by atoms with van der Waals surface area (Å²) < 4.78 is 11.0. The van der Waals surface area contributed by atoms with Crippen LogP contribution < -0.4 is 25.0 Å². The van der Waals surface area contributed by atoms with E-state index in [1.807, 2.05) is 30.3 Å². The monoisotopic (exact) mass is 539 g/mol. The maximum absolute atomic E-state index is 13.2. The Hall–Kier alpha value is -5.08. The number of carbonyl (C=O) groups excluding carboxylic acids is 3. The van der Waals surface area contributed by atoms with Gasteiger partial charge in [-0.2, -0.15) is 0 Å². The maximum atomic E-state index is 13.2. The first-order valence-electron chi connectivity index (χ1n) is 11.9. The van der Waals surface area contributed by atoms with Crippen molar-refractivity contribution in [3.8, 4) is 17.2 Å². The molecule has 1 aliphatic rings. The Kier molecular flexibility index (Phi) is 7.29. The molecule has 39 heavy (non-hydrogen) atoms. The topological polar surface area (TPSA) is 97.0 Å². The van der Waals surface area contributed by atoms with Crippen molar-refractivity contribution < 1.29 is 23.9 Å². The minimum absolute atomic E-state index is 0.0865. The van der Waals surface area contributed by atoms with Crippen molar-refractivity contribution in [2.75, 3.05) is 22.6 Å². The number of hydrogen-bond donors (Lipinski definition) is 2. The number of para-hydroxylation sites is 1. The molecule has 4 aromatic rings. The second kappa shape index (κ2) is 11.1. The van der Waals surface area contributed by atoms with E-state index in [1.165, 1.54) is 0 Å². The van der Waals surface area contributed by atoms with Crippen molar-refractivity contribution >= 4 is 46.4 Å². The van der Waals surface area contributed by atoms with E-state index < -0.39 is 11.8 Å². The molecule has 4 aromatic carbocycles. The van der Waals surface area contributed by atoms with Gasteiger partial charge in [-0.3, -0.25) is 14.4 Å². The first-order chi connectivity index (χ1) is 18.9. The van der Waals surface area contributed by atoms with Crippen molar-refractivity contribution in [1.29, 1.82) is 0 Å². The van der Waals surface area contributed by atoms with Gasteiger partial charge < -0.3 is 20.1 Å². The molecule has 2 N–H and O–H groups in total. The summed E-state index contributed by atoms with van der Waals surface area (Å²) in [6.45, 7) is 0. The van der Waals surface area contributed by atoms with Gasteiger partial charge in [0.2, 0.25) is 0 Å². The van der Waals surface area contributed by atoms with Crippen LogP contribution in [0, 0.1) is 0 Å². The molecular weight excluding hydrogens is 518 g/mol. The zero-order chi connectivity index (χ0) is 27.4. The van der Waals surface area contributed by atoms with Gasteiger partial charge in [0.25, 0.3) is 17.7 Å². The molecule has 0 fully saturated rings. The summed E-state index contributed by atoms with van der Waals surface area (Å²) in [6, 6.07) is 29.2. The molecule has 0 unspecified atom stereocenters. The molecule has 8 nitrogen and oxygen atoms in total. The Bertz CT molecular complexity index is 1590. The second-order valence-electron chi connectivity index (χ2n) is 8.44. The summed E-state index contributed by atoms with van der Waals surface area (Å²) in [5.41, 5.74) is 1.57. The normalized spacial score (nSPS) is 12.9. The number of anilines is 3. The molecular formula is C30H22ClN3O5. The molecule has 0 bridgehead atoms. The number of nitrogens with one attached hydrogen (secondary N) is 2. The highest BCUT2D eigenvalue weighted by molar-refractivity contribution is 6.53. The fraction of sp³-hybridized carbons (Fsp3) is 0.0333. The van der Waals surface area contributed by atoms with Gasteiger partial charge in [-0.15, -0.1) is 0 Å². The third-order valence-corrected chi connectivity index (χ3v) is 6.17. The van der Waals surface area contributed by atoms with Crippen molar-refractivity contribution in [2.45, 2.75) is 0 Å². The Morgan fingerprint density at radius 2 is 1.41 bits per heavy atom. The number of amides is 3. The van der Waals surface area contributed by atoms with Gasteiger partial charge in [-0.1, -0.05) is 41.9 Å². The first-order valence-corrected chi connectivity index (χ1v) is 12.2. The van der Waals surface area contributed by atoms with Gasteiger partial charge in [-0.25, -0.2) is 4.90 Å². The molecule has 9 heteroatoms. The van der Waals surface area contributed by atoms with E-state index in [1.54, 1.807) is 79.9 Å². The van der Waals surface area contributed by atoms with E-state index in [9.17, 15) is 14.4 Å². The van der Waals surface area contributed by atoms with Crippen LogP contribution in [0.4, 0.5) is 17.1 Å². The lowest BCUT2D eigenvalue weighted by atomic mass is 10.1. The molecule has 3 amide bonds. The largest absolute Gasteiger partial charge is 0.497 e. The van der Waals surface area contributed by atoms with Crippen LogP contribution in [-0.4, -0.2) is 24.8 Å². The quantitative estimate of drug-likeness (QED) is 0.260. The smallest absolute Gasteiger partial charge is 0.283 e. The Morgan fingerprint density at radius 1 is 0.744 bits per heavy atom. The average molecular weight is 540 g/mol. The van der Waals surface area contributed by atoms with Crippen LogP contribution in [-0.2, 0) is 9.59 Å². The summed E-state index contributed by atoms with van der Waals surface area (Å²) in [5.74, 6) is 0.179. The molecule has 194 valence electrons. The summed E-state index contributed by atoms with van der Waals surface area (Å²) >= 11 is 6.28. The number of rotatable bonds is 8. The van der Waals surface area contributed by atoms with E-state index in [4.69, 9.17) is 21.1 Å². The van der Waals surface area contributed by atoms with Gasteiger partial charge in [0, 0.05) is 23.0 Å². The predicted octanol–water partition coefficient (Wildman–Crippen LogP) is 6.18. The van der Waals surface area contributed by atoms with E-state index in [0.29, 0.717) is 39.9 Å². The average Bonchev–Trinajstić information content (AvgIpc) is 3.17. The number of carbonyl (C=O) groups is 3. The maximum Gasteiger partial charge on any atom is 0.283 e. The van der Waals surface area contributed by atoms with Gasteiger partial charge in [-0.05, 0) is 66.7 Å². The molecule has 0 saturated heterocycles. The Morgan fingerprint density at radius 3 is 2.15 bits per heavy atom. The highest BCUT2D eigenvalue weighted by atomic mass is 35.5. The van der Waals surface area contributed by atoms with Gasteiger partial charge in [0.1, 0.15) is 28.0 Å². The fourth-order valence-corrected chi connectivity index (χ4v) is 4.13. The lowest BCUT2D eigenvalue weighted by molar-refractivity contribution is -0.120. The minimum Gasteiger partial charge on any atom is -0.497 e. The number of ether oxygens (including phenoxy) is 2. The van der Waals surface area contributed by atoms with Crippen molar-refractivity contribution in [2.24, 2.45) is 0 Å². The standard InChI is InChI=1S/C30H22ClN3O5/c1-38-25-12-6-9-21(18-25)33-28(35)19-7-5-8-20(17-19)32-27-26(31)29(36)34(30(27)37)22-13-15-24(16-14-22)39-23-10-3-2-4-11-23/h2-18,32H,1H3,(H,33,35). The number of benzene rings is 4. The Labute approximate surface area is 229 Å². The number of imide groups is 1. The summed E-state index contributed by atoms with van der Waals surface area (Å²) in [7, 11) is 1.54. The molecule has 1 heterocycles. The van der Waals surface area contributed by atoms with Crippen LogP contribution in [0.25, 0.3) is 0 Å². The van der Waals surface area contributed by atoms with Crippen LogP contribution in [0.2, 0.25) is 0 Å². The summed E-state index contributed by atoms with van der Waals surface area (Å²) in [5, 5.41) is 5.45. The second-order valence-corrected chi connectivity index (χ2v) is 8.81. The van der Waals surface area contributed by atoms with Crippen LogP contribution in [0.15, 0.2) is 114 Å². The third-order valence-electron chi connectivity index (χ3n) is 5.82. The first kappa shape index (κ1) is 25.6. The van der Waals surface area contributed by atoms with Crippen molar-refractivity contribution in [3.63, 3.8) is 0 Å². The molecule has 0 aliphatic carbocycles. The SMILES string of the molecule is COc1cccc(NC(=O)c2cccc(NC3=C(Cl)C(=O)N(c4ccc(Oc5ccccc5)cc4)C3=O)c2)c1. The van der Waals surface area contributed by atoms with Gasteiger partial charge in [0.05, 0.1) is 12.8 Å². The Balaban J connectivity index is 1.29. The molecule has 5 rings (SSSR count). The lowest BCUT2D eigenvalue weighted by Gasteiger charge is -2.16. The highest BCUT2D eigenvalue weighted by Gasteiger charge is 2.39. The van der Waals surface area contributed by atoms with Crippen LogP contribution in [0.5, 0.6) is 17.2 Å². The van der Waals surface area contributed by atoms with E-state index >= 15 is 0 Å². The van der Waals surface area contributed by atoms with Crippen molar-refractivity contribution in [1.82, 2.24) is 0 Å². The summed E-state index contributed by atoms with van der Waals surface area (Å²) in [4.78, 5) is 39.9. The number of hydrogen-bond acceptors (Lipinski definition) is 6. The van der Waals surface area contributed by atoms with Crippen molar-refractivity contribution in [3.05, 3.63) is 119 Å². The molecule has 0 spiro atoms. The highest BCUT2D eigenvalue weighted by Crippen LogP contribution is 2.32. The number of methoxy groups -OCH3 is 1.